The van der Waals surface area contributed by atoms with Crippen LogP contribution in [0.1, 0.15) is 22.8 Å². The van der Waals surface area contributed by atoms with E-state index < -0.39 is 18.4 Å². The summed E-state index contributed by atoms with van der Waals surface area (Å²) in [4.78, 5) is 24.6. The van der Waals surface area contributed by atoms with E-state index >= 15 is 0 Å². The predicted octanol–water partition coefficient (Wildman–Crippen LogP) is 1.77. The molecular weight excluding hydrogens is 289 g/mol. The number of aromatic nitrogens is 2. The van der Waals surface area contributed by atoms with Gasteiger partial charge in [-0.25, -0.2) is 4.39 Å². The first-order chi connectivity index (χ1) is 10.5. The van der Waals surface area contributed by atoms with E-state index in [1.165, 1.54) is 35.4 Å². The SMILES string of the molecule is CCn1cc(C(=O)N(CC(=O)O)Cc2ccc(F)cc2)cn1. The van der Waals surface area contributed by atoms with Crippen molar-refractivity contribution < 1.29 is 19.1 Å². The van der Waals surface area contributed by atoms with E-state index in [0.717, 1.165) is 0 Å². The molecule has 1 aromatic carbocycles. The second-order valence-electron chi connectivity index (χ2n) is 4.77. The molecule has 0 atom stereocenters. The van der Waals surface area contributed by atoms with Crippen LogP contribution in [0.25, 0.3) is 0 Å². The molecule has 0 aliphatic carbocycles. The summed E-state index contributed by atoms with van der Waals surface area (Å²) in [7, 11) is 0. The lowest BCUT2D eigenvalue weighted by Crippen LogP contribution is -2.35. The number of carboxylic acid groups (broad SMARTS) is 1. The number of aliphatic carboxylic acids is 1. The Balaban J connectivity index is 2.19. The van der Waals surface area contributed by atoms with E-state index in [4.69, 9.17) is 5.11 Å². The third-order valence-electron chi connectivity index (χ3n) is 3.10. The van der Waals surface area contributed by atoms with Crippen LogP contribution in [0.3, 0.4) is 0 Å². The lowest BCUT2D eigenvalue weighted by molar-refractivity contribution is -0.137. The number of carbonyl (C=O) groups is 2. The van der Waals surface area contributed by atoms with E-state index in [1.807, 2.05) is 6.92 Å². The maximum absolute atomic E-state index is 12.9. The number of benzene rings is 1. The molecule has 1 amide bonds. The highest BCUT2D eigenvalue weighted by Crippen LogP contribution is 2.11. The minimum atomic E-state index is -1.11. The van der Waals surface area contributed by atoms with Gasteiger partial charge < -0.3 is 10.0 Å². The van der Waals surface area contributed by atoms with Gasteiger partial charge in [0, 0.05) is 19.3 Å². The summed E-state index contributed by atoms with van der Waals surface area (Å²) in [6.07, 6.45) is 2.98. The number of amides is 1. The Hall–Kier alpha value is -2.70. The van der Waals surface area contributed by atoms with Crippen molar-refractivity contribution in [3.05, 3.63) is 53.6 Å². The summed E-state index contributed by atoms with van der Waals surface area (Å²) >= 11 is 0. The van der Waals surface area contributed by atoms with Gasteiger partial charge >= 0.3 is 5.97 Å². The number of nitrogens with zero attached hydrogens (tertiary/aromatic N) is 3. The molecule has 116 valence electrons. The van der Waals surface area contributed by atoms with Crippen LogP contribution < -0.4 is 0 Å². The summed E-state index contributed by atoms with van der Waals surface area (Å²) in [5, 5.41) is 13.0. The molecule has 7 heteroatoms. The van der Waals surface area contributed by atoms with Gasteiger partial charge in [-0.3, -0.25) is 14.3 Å². The lowest BCUT2D eigenvalue weighted by atomic mass is 10.2. The van der Waals surface area contributed by atoms with Crippen molar-refractivity contribution in [2.75, 3.05) is 6.54 Å². The van der Waals surface area contributed by atoms with Crippen LogP contribution in [0.2, 0.25) is 0 Å². The first-order valence-electron chi connectivity index (χ1n) is 6.77. The van der Waals surface area contributed by atoms with Crippen molar-refractivity contribution in [3.63, 3.8) is 0 Å². The molecule has 0 aliphatic heterocycles. The largest absolute Gasteiger partial charge is 0.480 e. The van der Waals surface area contributed by atoms with Crippen molar-refractivity contribution in [3.8, 4) is 0 Å². The van der Waals surface area contributed by atoms with Crippen LogP contribution in [-0.2, 0) is 17.9 Å². The van der Waals surface area contributed by atoms with Gasteiger partial charge in [0.1, 0.15) is 12.4 Å². The smallest absolute Gasteiger partial charge is 0.323 e. The van der Waals surface area contributed by atoms with E-state index in [9.17, 15) is 14.0 Å². The average Bonchev–Trinajstić information content (AvgIpc) is 2.96. The van der Waals surface area contributed by atoms with E-state index in [1.54, 1.807) is 10.9 Å². The van der Waals surface area contributed by atoms with Crippen LogP contribution in [0, 0.1) is 5.82 Å². The molecule has 6 nitrogen and oxygen atoms in total. The average molecular weight is 305 g/mol. The highest BCUT2D eigenvalue weighted by Gasteiger charge is 2.20. The van der Waals surface area contributed by atoms with Crippen molar-refractivity contribution in [1.82, 2.24) is 14.7 Å². The molecule has 0 fully saturated rings. The quantitative estimate of drug-likeness (QED) is 0.882. The number of hydrogen-bond acceptors (Lipinski definition) is 3. The van der Waals surface area contributed by atoms with Crippen molar-refractivity contribution in [1.29, 1.82) is 0 Å². The standard InChI is InChI=1S/C15H16FN3O3/c1-2-19-9-12(7-17-19)15(22)18(10-14(20)21)8-11-3-5-13(16)6-4-11/h3-7,9H,2,8,10H2,1H3,(H,20,21). The minimum Gasteiger partial charge on any atom is -0.480 e. The predicted molar refractivity (Wildman–Crippen MR) is 76.7 cm³/mol. The third kappa shape index (κ3) is 3.91. The van der Waals surface area contributed by atoms with E-state index in [2.05, 4.69) is 5.10 Å². The maximum atomic E-state index is 12.9. The maximum Gasteiger partial charge on any atom is 0.323 e. The van der Waals surface area contributed by atoms with Crippen molar-refractivity contribution >= 4 is 11.9 Å². The molecule has 0 bridgehead atoms. The monoisotopic (exact) mass is 305 g/mol. The number of rotatable bonds is 6. The van der Waals surface area contributed by atoms with Gasteiger partial charge in [0.2, 0.25) is 0 Å². The van der Waals surface area contributed by atoms with E-state index in [-0.39, 0.29) is 12.4 Å². The van der Waals surface area contributed by atoms with Crippen molar-refractivity contribution in [2.24, 2.45) is 0 Å². The zero-order chi connectivity index (χ0) is 16.1. The van der Waals surface area contributed by atoms with Gasteiger partial charge in [-0.15, -0.1) is 0 Å². The van der Waals surface area contributed by atoms with Gasteiger partial charge in [0.15, 0.2) is 0 Å². The Kier molecular flexibility index (Phi) is 4.88. The zero-order valence-electron chi connectivity index (χ0n) is 12.1. The molecule has 1 aromatic heterocycles. The molecular formula is C15H16FN3O3. The van der Waals surface area contributed by atoms with E-state index in [0.29, 0.717) is 17.7 Å². The summed E-state index contributed by atoms with van der Waals surface area (Å²) in [5.74, 6) is -1.92. The molecule has 22 heavy (non-hydrogen) atoms. The molecule has 0 spiro atoms. The molecule has 2 rings (SSSR count). The lowest BCUT2D eigenvalue weighted by Gasteiger charge is -2.20. The highest BCUT2D eigenvalue weighted by atomic mass is 19.1. The van der Waals surface area contributed by atoms with Crippen LogP contribution in [0.4, 0.5) is 4.39 Å². The molecule has 2 aromatic rings. The fraction of sp³-hybridized carbons (Fsp3) is 0.267. The second kappa shape index (κ2) is 6.84. The Morgan fingerprint density at radius 3 is 2.55 bits per heavy atom. The minimum absolute atomic E-state index is 0.0860. The van der Waals surface area contributed by atoms with Gasteiger partial charge in [0.05, 0.1) is 11.8 Å². The zero-order valence-corrected chi connectivity index (χ0v) is 12.1. The number of carbonyl (C=O) groups excluding carboxylic acids is 1. The fourth-order valence-electron chi connectivity index (χ4n) is 2.00. The number of hydrogen-bond donors (Lipinski definition) is 1. The summed E-state index contributed by atoms with van der Waals surface area (Å²) in [5.41, 5.74) is 0.976. The molecule has 0 aliphatic rings. The van der Waals surface area contributed by atoms with Crippen molar-refractivity contribution in [2.45, 2.75) is 20.0 Å². The Bertz CT molecular complexity index is 667. The summed E-state index contributed by atoms with van der Waals surface area (Å²) in [6, 6.07) is 5.58. The van der Waals surface area contributed by atoms with Gasteiger partial charge in [0.25, 0.3) is 5.91 Å². The molecule has 0 saturated carbocycles. The normalized spacial score (nSPS) is 10.5. The molecule has 1 N–H and O–H groups in total. The Morgan fingerprint density at radius 2 is 2.00 bits per heavy atom. The summed E-state index contributed by atoms with van der Waals surface area (Å²) in [6.45, 7) is 2.15. The molecule has 0 radical (unpaired) electrons. The highest BCUT2D eigenvalue weighted by molar-refractivity contribution is 5.95. The van der Waals surface area contributed by atoms with Gasteiger partial charge in [-0.2, -0.15) is 5.10 Å². The number of halogens is 1. The summed E-state index contributed by atoms with van der Waals surface area (Å²) < 4.78 is 14.5. The second-order valence-corrected chi connectivity index (χ2v) is 4.77. The van der Waals surface area contributed by atoms with Crippen LogP contribution >= 0.6 is 0 Å². The topological polar surface area (TPSA) is 75.4 Å². The number of aryl methyl sites for hydroxylation is 1. The van der Waals surface area contributed by atoms with Crippen LogP contribution in [0.5, 0.6) is 0 Å². The number of carboxylic acids is 1. The Morgan fingerprint density at radius 1 is 1.32 bits per heavy atom. The van der Waals surface area contributed by atoms with Gasteiger partial charge in [-0.05, 0) is 24.6 Å². The fourth-order valence-corrected chi connectivity index (χ4v) is 2.00. The molecule has 0 saturated heterocycles. The van der Waals surface area contributed by atoms with Crippen LogP contribution in [0.15, 0.2) is 36.7 Å². The van der Waals surface area contributed by atoms with Gasteiger partial charge in [-0.1, -0.05) is 12.1 Å². The molecule has 1 heterocycles. The first-order valence-corrected chi connectivity index (χ1v) is 6.77. The third-order valence-corrected chi connectivity index (χ3v) is 3.10. The van der Waals surface area contributed by atoms with Crippen LogP contribution in [-0.4, -0.2) is 38.2 Å². The first kappa shape index (κ1) is 15.7. The Labute approximate surface area is 126 Å². The molecule has 0 unspecified atom stereocenters.